The molecule has 0 aliphatic carbocycles. The van der Waals surface area contributed by atoms with Crippen molar-refractivity contribution in [3.8, 4) is 0 Å². The van der Waals surface area contributed by atoms with Crippen LogP contribution in [-0.4, -0.2) is 56.2 Å². The molecule has 0 aliphatic rings. The molecule has 0 heterocycles. The Balaban J connectivity index is -0.000000845. The zero-order valence-corrected chi connectivity index (χ0v) is 9.34. The molecule has 0 aliphatic heterocycles. The van der Waals surface area contributed by atoms with E-state index in [1.54, 1.807) is 0 Å². The van der Waals surface area contributed by atoms with Crippen molar-refractivity contribution in [2.24, 2.45) is 0 Å². The Labute approximate surface area is 91.2 Å². The first kappa shape index (κ1) is 20.4. The SMILES string of the molecule is N.N.O=C(O)CN(CC(=O)O)CP(=O)(O)O. The zero-order valence-electron chi connectivity index (χ0n) is 8.44. The van der Waals surface area contributed by atoms with E-state index >= 15 is 0 Å². The molecule has 0 radical (unpaired) electrons. The standard InChI is InChI=1S/C5H10NO7P.2H3N/c7-4(8)1-6(2-5(9)10)3-14(11,12)13;;/h1-3H2,(H,7,8)(H,9,10)(H2,11,12,13);2*1H3. The van der Waals surface area contributed by atoms with Gasteiger partial charge in [-0.15, -0.1) is 0 Å². The Morgan fingerprint density at radius 2 is 1.31 bits per heavy atom. The summed E-state index contributed by atoms with van der Waals surface area (Å²) in [7, 11) is -4.44. The minimum Gasteiger partial charge on any atom is -0.480 e. The van der Waals surface area contributed by atoms with Crippen LogP contribution >= 0.6 is 7.60 Å². The normalized spacial score (nSPS) is 10.2. The Morgan fingerprint density at radius 1 is 1.00 bits per heavy atom. The highest BCUT2D eigenvalue weighted by Crippen LogP contribution is 2.34. The van der Waals surface area contributed by atoms with Gasteiger partial charge in [-0.25, -0.2) is 0 Å². The predicted molar refractivity (Wildman–Crippen MR) is 53.8 cm³/mol. The third-order valence-corrected chi connectivity index (χ3v) is 1.87. The van der Waals surface area contributed by atoms with Gasteiger partial charge in [0.2, 0.25) is 0 Å². The Bertz CT molecular complexity index is 261. The molecule has 0 aromatic rings. The van der Waals surface area contributed by atoms with Gasteiger partial charge in [-0.2, -0.15) is 0 Å². The molecule has 10 N–H and O–H groups in total. The van der Waals surface area contributed by atoms with Crippen LogP contribution in [-0.2, 0) is 14.2 Å². The highest BCUT2D eigenvalue weighted by atomic mass is 31.2. The van der Waals surface area contributed by atoms with E-state index in [0.29, 0.717) is 4.90 Å². The van der Waals surface area contributed by atoms with Gasteiger partial charge in [0, 0.05) is 0 Å². The van der Waals surface area contributed by atoms with Crippen molar-refractivity contribution in [1.29, 1.82) is 0 Å². The molecule has 0 atom stereocenters. The van der Waals surface area contributed by atoms with E-state index in [9.17, 15) is 14.2 Å². The quantitative estimate of drug-likeness (QED) is 0.318. The number of carboxylic acid groups (broad SMARTS) is 2. The molecule has 11 heteroatoms. The molecule has 16 heavy (non-hydrogen) atoms. The summed E-state index contributed by atoms with van der Waals surface area (Å²) in [4.78, 5) is 38.0. The van der Waals surface area contributed by atoms with Gasteiger partial charge >= 0.3 is 19.5 Å². The van der Waals surface area contributed by atoms with E-state index in [4.69, 9.17) is 20.0 Å². The van der Waals surface area contributed by atoms with E-state index < -0.39 is 38.9 Å². The maximum absolute atomic E-state index is 10.5. The summed E-state index contributed by atoms with van der Waals surface area (Å²) in [6, 6.07) is 0. The van der Waals surface area contributed by atoms with E-state index in [1.807, 2.05) is 0 Å². The average molecular weight is 261 g/mol. The summed E-state index contributed by atoms with van der Waals surface area (Å²) in [6.45, 7) is -1.45. The van der Waals surface area contributed by atoms with Crippen molar-refractivity contribution >= 4 is 19.5 Å². The van der Waals surface area contributed by atoms with E-state index in [1.165, 1.54) is 0 Å². The zero-order chi connectivity index (χ0) is 11.4. The Morgan fingerprint density at radius 3 is 1.50 bits per heavy atom. The lowest BCUT2D eigenvalue weighted by atomic mass is 10.5. The predicted octanol–water partition coefficient (Wildman–Crippen LogP) is -1.08. The number of aliphatic carboxylic acids is 2. The summed E-state index contributed by atoms with van der Waals surface area (Å²) in [5, 5.41) is 16.6. The minimum absolute atomic E-state index is 0. The molecule has 0 aromatic heterocycles. The molecule has 0 bridgehead atoms. The van der Waals surface area contributed by atoms with Crippen molar-refractivity contribution in [3.63, 3.8) is 0 Å². The second-order valence-corrected chi connectivity index (χ2v) is 4.19. The van der Waals surface area contributed by atoms with E-state index in [-0.39, 0.29) is 12.3 Å². The minimum atomic E-state index is -4.44. The van der Waals surface area contributed by atoms with Crippen LogP contribution in [0.1, 0.15) is 0 Å². The largest absolute Gasteiger partial charge is 0.480 e. The van der Waals surface area contributed by atoms with E-state index in [0.717, 1.165) is 0 Å². The molecule has 0 unspecified atom stereocenters. The number of rotatable bonds is 6. The number of nitrogens with zero attached hydrogens (tertiary/aromatic N) is 1. The summed E-state index contributed by atoms with van der Waals surface area (Å²) >= 11 is 0. The highest BCUT2D eigenvalue weighted by molar-refractivity contribution is 7.51. The van der Waals surface area contributed by atoms with Crippen LogP contribution in [0.3, 0.4) is 0 Å². The number of hydrogen-bond acceptors (Lipinski definition) is 6. The average Bonchev–Trinajstić information content (AvgIpc) is 1.77. The maximum Gasteiger partial charge on any atom is 0.339 e. The summed E-state index contributed by atoms with van der Waals surface area (Å²) in [5.41, 5.74) is 0. The Hall–Kier alpha value is -1.03. The number of hydrogen-bond donors (Lipinski definition) is 6. The Kier molecular flexibility index (Phi) is 10.4. The third-order valence-electron chi connectivity index (χ3n) is 1.10. The molecule has 10 nitrogen and oxygen atoms in total. The van der Waals surface area contributed by atoms with Gasteiger partial charge in [0.25, 0.3) is 0 Å². The van der Waals surface area contributed by atoms with Crippen LogP contribution in [0.5, 0.6) is 0 Å². The summed E-state index contributed by atoms with van der Waals surface area (Å²) in [6.07, 6.45) is -0.883. The fourth-order valence-corrected chi connectivity index (χ4v) is 1.52. The second kappa shape index (κ2) is 8.16. The fraction of sp³-hybridized carbons (Fsp3) is 0.600. The first-order valence-electron chi connectivity index (χ1n) is 3.41. The second-order valence-electron chi connectivity index (χ2n) is 2.58. The van der Waals surface area contributed by atoms with Crippen molar-refractivity contribution < 1.29 is 34.2 Å². The third kappa shape index (κ3) is 13.0. The van der Waals surface area contributed by atoms with Gasteiger partial charge in [0.05, 0.1) is 13.1 Å². The van der Waals surface area contributed by atoms with Crippen LogP contribution in [0.25, 0.3) is 0 Å². The fourth-order valence-electron chi connectivity index (χ4n) is 0.799. The van der Waals surface area contributed by atoms with Crippen LogP contribution in [0.15, 0.2) is 0 Å². The molecule has 0 aromatic carbocycles. The van der Waals surface area contributed by atoms with Gasteiger partial charge in [0.1, 0.15) is 6.29 Å². The van der Waals surface area contributed by atoms with Gasteiger partial charge in [-0.1, -0.05) is 0 Å². The van der Waals surface area contributed by atoms with Gasteiger partial charge in [-0.05, 0) is 0 Å². The van der Waals surface area contributed by atoms with Crippen molar-refractivity contribution in [2.45, 2.75) is 0 Å². The molecule has 0 rings (SSSR count). The van der Waals surface area contributed by atoms with E-state index in [2.05, 4.69) is 0 Å². The van der Waals surface area contributed by atoms with Crippen LogP contribution in [0, 0.1) is 0 Å². The lowest BCUT2D eigenvalue weighted by molar-refractivity contribution is -0.141. The first-order valence-corrected chi connectivity index (χ1v) is 5.21. The van der Waals surface area contributed by atoms with Gasteiger partial charge in [-0.3, -0.25) is 19.1 Å². The van der Waals surface area contributed by atoms with Crippen molar-refractivity contribution in [2.75, 3.05) is 19.4 Å². The maximum atomic E-state index is 10.5. The first-order chi connectivity index (χ1) is 6.20. The lowest BCUT2D eigenvalue weighted by Gasteiger charge is -2.17. The molecule has 0 saturated carbocycles. The van der Waals surface area contributed by atoms with Crippen LogP contribution in [0.2, 0.25) is 0 Å². The molecule has 98 valence electrons. The van der Waals surface area contributed by atoms with Gasteiger partial charge < -0.3 is 32.3 Å². The molecule has 0 spiro atoms. The number of carboxylic acids is 2. The molecule has 0 amide bonds. The molecular formula is C5H16N3O7P. The van der Waals surface area contributed by atoms with Crippen LogP contribution < -0.4 is 12.3 Å². The summed E-state index contributed by atoms with van der Waals surface area (Å²) in [5.74, 6) is -2.70. The topological polar surface area (TPSA) is 205 Å². The molecule has 0 saturated heterocycles. The lowest BCUT2D eigenvalue weighted by Crippen LogP contribution is -2.35. The van der Waals surface area contributed by atoms with Crippen molar-refractivity contribution in [1.82, 2.24) is 17.2 Å². The number of carbonyl (C=O) groups is 2. The van der Waals surface area contributed by atoms with Crippen molar-refractivity contribution in [3.05, 3.63) is 0 Å². The monoisotopic (exact) mass is 261 g/mol. The van der Waals surface area contributed by atoms with Gasteiger partial charge in [0.15, 0.2) is 0 Å². The summed E-state index contributed by atoms with van der Waals surface area (Å²) < 4.78 is 10.5. The van der Waals surface area contributed by atoms with Crippen LogP contribution in [0.4, 0.5) is 0 Å². The molecular weight excluding hydrogens is 245 g/mol. The highest BCUT2D eigenvalue weighted by Gasteiger charge is 2.22. The molecule has 0 fully saturated rings. The smallest absolute Gasteiger partial charge is 0.339 e.